The van der Waals surface area contributed by atoms with E-state index in [-0.39, 0.29) is 0 Å². The first-order valence-corrected chi connectivity index (χ1v) is 8.18. The molecule has 1 aliphatic carbocycles. The number of hydrogen-bond donors (Lipinski definition) is 0. The highest BCUT2D eigenvalue weighted by atomic mass is 16.5. The van der Waals surface area contributed by atoms with E-state index in [0.717, 1.165) is 50.1 Å². The molecule has 2 aliphatic heterocycles. The molecule has 0 radical (unpaired) electrons. The van der Waals surface area contributed by atoms with Crippen LogP contribution in [0.1, 0.15) is 53.4 Å². The Morgan fingerprint density at radius 3 is 1.63 bits per heavy atom. The molecule has 3 fully saturated rings. The topological polar surface area (TPSA) is 18.5 Å². The van der Waals surface area contributed by atoms with Gasteiger partial charge in [0.15, 0.2) is 0 Å². The Bertz CT molecular complexity index is 254. The SMILES string of the molecule is CC(C)C1CC2(COC2)C1.CC(C)C1CCOCC1. The molecule has 0 aromatic rings. The van der Waals surface area contributed by atoms with Crippen molar-refractivity contribution < 1.29 is 9.47 Å². The lowest BCUT2D eigenvalue weighted by Crippen LogP contribution is -2.53. The summed E-state index contributed by atoms with van der Waals surface area (Å²) in [5, 5.41) is 0. The molecule has 2 nitrogen and oxygen atoms in total. The van der Waals surface area contributed by atoms with Gasteiger partial charge in [0.25, 0.3) is 0 Å². The minimum absolute atomic E-state index is 0.676. The lowest BCUT2D eigenvalue weighted by atomic mass is 9.58. The minimum Gasteiger partial charge on any atom is -0.381 e. The van der Waals surface area contributed by atoms with E-state index in [0.29, 0.717) is 5.41 Å². The van der Waals surface area contributed by atoms with E-state index in [1.54, 1.807) is 0 Å². The van der Waals surface area contributed by atoms with Crippen molar-refractivity contribution in [3.05, 3.63) is 0 Å². The van der Waals surface area contributed by atoms with E-state index in [2.05, 4.69) is 27.7 Å². The van der Waals surface area contributed by atoms with Crippen LogP contribution in [0, 0.1) is 29.1 Å². The molecule has 0 bridgehead atoms. The summed E-state index contributed by atoms with van der Waals surface area (Å²) in [5.74, 6) is 3.68. The van der Waals surface area contributed by atoms with Gasteiger partial charge in [-0.15, -0.1) is 0 Å². The van der Waals surface area contributed by atoms with Crippen LogP contribution >= 0.6 is 0 Å². The molecule has 0 aromatic heterocycles. The van der Waals surface area contributed by atoms with Gasteiger partial charge in [0, 0.05) is 18.6 Å². The number of rotatable bonds is 2. The van der Waals surface area contributed by atoms with E-state index in [9.17, 15) is 0 Å². The van der Waals surface area contributed by atoms with Gasteiger partial charge >= 0.3 is 0 Å². The summed E-state index contributed by atoms with van der Waals surface area (Å²) in [4.78, 5) is 0. The first-order chi connectivity index (χ1) is 9.02. The molecule has 2 saturated heterocycles. The molecule has 3 aliphatic rings. The maximum Gasteiger partial charge on any atom is 0.0545 e. The van der Waals surface area contributed by atoms with E-state index >= 15 is 0 Å². The Balaban J connectivity index is 0.000000141. The van der Waals surface area contributed by atoms with Gasteiger partial charge < -0.3 is 9.47 Å². The average Bonchev–Trinajstić information content (AvgIpc) is 2.26. The molecule has 1 spiro atoms. The summed E-state index contributed by atoms with van der Waals surface area (Å²) in [5.41, 5.74) is 0.676. The smallest absolute Gasteiger partial charge is 0.0545 e. The monoisotopic (exact) mass is 268 g/mol. The predicted molar refractivity (Wildman–Crippen MR) is 79.2 cm³/mol. The summed E-state index contributed by atoms with van der Waals surface area (Å²) in [6.07, 6.45) is 5.42. The summed E-state index contributed by atoms with van der Waals surface area (Å²) < 4.78 is 10.5. The van der Waals surface area contributed by atoms with Gasteiger partial charge in [-0.1, -0.05) is 27.7 Å². The standard InChI is InChI=1S/C9H16O.C8H16O/c1-7(2)8-3-9(4-8)5-10-6-9;1-7(2)8-3-5-9-6-4-8/h7-8H,3-6H2,1-2H3;7-8H,3-6H2,1-2H3. The Morgan fingerprint density at radius 2 is 1.32 bits per heavy atom. The molecule has 2 heteroatoms. The van der Waals surface area contributed by atoms with Crippen LogP contribution in [-0.4, -0.2) is 26.4 Å². The van der Waals surface area contributed by atoms with E-state index in [4.69, 9.17) is 9.47 Å². The largest absolute Gasteiger partial charge is 0.381 e. The van der Waals surface area contributed by atoms with Crippen LogP contribution in [0.4, 0.5) is 0 Å². The predicted octanol–water partition coefficient (Wildman–Crippen LogP) is 4.14. The quantitative estimate of drug-likeness (QED) is 0.749. The highest BCUT2D eigenvalue weighted by Crippen LogP contribution is 2.53. The Kier molecular flexibility index (Phi) is 5.30. The second-order valence-corrected chi connectivity index (χ2v) is 7.60. The normalized spacial score (nSPS) is 26.8. The molecule has 3 rings (SSSR count). The zero-order valence-electron chi connectivity index (χ0n) is 13.3. The Morgan fingerprint density at radius 1 is 0.789 bits per heavy atom. The van der Waals surface area contributed by atoms with Crippen LogP contribution in [0.15, 0.2) is 0 Å². The lowest BCUT2D eigenvalue weighted by Gasteiger charge is -2.54. The number of ether oxygens (including phenoxy) is 2. The molecule has 2 heterocycles. The van der Waals surface area contributed by atoms with Gasteiger partial charge in [0.1, 0.15) is 0 Å². The molecular formula is C17H32O2. The summed E-state index contributed by atoms with van der Waals surface area (Å²) in [6.45, 7) is 13.3. The van der Waals surface area contributed by atoms with Crippen molar-refractivity contribution in [1.29, 1.82) is 0 Å². The summed E-state index contributed by atoms with van der Waals surface area (Å²) in [6, 6.07) is 0. The van der Waals surface area contributed by atoms with Crippen molar-refractivity contribution >= 4 is 0 Å². The third-order valence-corrected chi connectivity index (χ3v) is 5.36. The third kappa shape index (κ3) is 3.95. The van der Waals surface area contributed by atoms with Crippen LogP contribution in [0.5, 0.6) is 0 Å². The zero-order valence-corrected chi connectivity index (χ0v) is 13.3. The van der Waals surface area contributed by atoms with Crippen LogP contribution in [-0.2, 0) is 9.47 Å². The van der Waals surface area contributed by atoms with Gasteiger partial charge in [-0.3, -0.25) is 0 Å². The van der Waals surface area contributed by atoms with Crippen molar-refractivity contribution in [2.45, 2.75) is 53.4 Å². The molecule has 0 atom stereocenters. The van der Waals surface area contributed by atoms with Crippen LogP contribution in [0.3, 0.4) is 0 Å². The molecule has 19 heavy (non-hydrogen) atoms. The van der Waals surface area contributed by atoms with Gasteiger partial charge in [-0.25, -0.2) is 0 Å². The summed E-state index contributed by atoms with van der Waals surface area (Å²) >= 11 is 0. The highest BCUT2D eigenvalue weighted by molar-refractivity contribution is 4.98. The average molecular weight is 268 g/mol. The molecule has 0 unspecified atom stereocenters. The highest BCUT2D eigenvalue weighted by Gasteiger charge is 2.50. The maximum absolute atomic E-state index is 5.25. The lowest BCUT2D eigenvalue weighted by molar-refractivity contribution is -0.185. The molecule has 0 N–H and O–H groups in total. The molecule has 0 amide bonds. The maximum atomic E-state index is 5.25. The van der Waals surface area contributed by atoms with Crippen molar-refractivity contribution in [2.24, 2.45) is 29.1 Å². The molecule has 0 aromatic carbocycles. The fraction of sp³-hybridized carbons (Fsp3) is 1.00. The van der Waals surface area contributed by atoms with Crippen molar-refractivity contribution in [3.63, 3.8) is 0 Å². The second-order valence-electron chi connectivity index (χ2n) is 7.60. The van der Waals surface area contributed by atoms with Gasteiger partial charge in [0.2, 0.25) is 0 Å². The molecule has 1 saturated carbocycles. The fourth-order valence-electron chi connectivity index (χ4n) is 3.53. The third-order valence-electron chi connectivity index (χ3n) is 5.36. The van der Waals surface area contributed by atoms with Crippen LogP contribution in [0.2, 0.25) is 0 Å². The minimum atomic E-state index is 0.676. The Labute approximate surface area is 119 Å². The first-order valence-electron chi connectivity index (χ1n) is 8.18. The van der Waals surface area contributed by atoms with Crippen molar-refractivity contribution in [2.75, 3.05) is 26.4 Å². The van der Waals surface area contributed by atoms with Gasteiger partial charge in [-0.05, 0) is 49.4 Å². The van der Waals surface area contributed by atoms with E-state index in [1.807, 2.05) is 0 Å². The fourth-order valence-corrected chi connectivity index (χ4v) is 3.53. The summed E-state index contributed by atoms with van der Waals surface area (Å²) in [7, 11) is 0. The van der Waals surface area contributed by atoms with E-state index < -0.39 is 0 Å². The van der Waals surface area contributed by atoms with Gasteiger partial charge in [-0.2, -0.15) is 0 Å². The molecular weight excluding hydrogens is 236 g/mol. The Hall–Kier alpha value is -0.0800. The zero-order chi connectivity index (χ0) is 13.9. The van der Waals surface area contributed by atoms with E-state index in [1.165, 1.54) is 25.7 Å². The van der Waals surface area contributed by atoms with Crippen molar-refractivity contribution in [1.82, 2.24) is 0 Å². The van der Waals surface area contributed by atoms with Crippen LogP contribution in [0.25, 0.3) is 0 Å². The molecule has 112 valence electrons. The van der Waals surface area contributed by atoms with Crippen molar-refractivity contribution in [3.8, 4) is 0 Å². The first kappa shape index (κ1) is 15.3. The second kappa shape index (κ2) is 6.58. The number of hydrogen-bond acceptors (Lipinski definition) is 2. The van der Waals surface area contributed by atoms with Crippen LogP contribution < -0.4 is 0 Å². The van der Waals surface area contributed by atoms with Gasteiger partial charge in [0.05, 0.1) is 13.2 Å².